The molecule has 1 aromatic carbocycles. The lowest BCUT2D eigenvalue weighted by Gasteiger charge is -1.98. The number of ketones is 1. The van der Waals surface area contributed by atoms with Crippen molar-refractivity contribution in [2.75, 3.05) is 5.32 Å². The number of nitrogens with one attached hydrogen (secondary N) is 1. The number of Topliss-reactive ketones (excluding diaryl/α,β-unsaturated/α-hetero) is 1. The first kappa shape index (κ1) is 18.5. The van der Waals surface area contributed by atoms with Crippen LogP contribution in [0.5, 0.6) is 0 Å². The molecule has 0 aliphatic rings. The Hall–Kier alpha value is -3.33. The number of aromatic nitrogens is 2. The molecular weight excluding hydrogens is 370 g/mol. The molecule has 0 saturated heterocycles. The second kappa shape index (κ2) is 7.50. The van der Waals surface area contributed by atoms with Gasteiger partial charge in [-0.25, -0.2) is 9.78 Å². The number of hydrogen-bond acceptors (Lipinski definition) is 7. The van der Waals surface area contributed by atoms with E-state index >= 15 is 0 Å². The summed E-state index contributed by atoms with van der Waals surface area (Å²) in [5.41, 5.74) is 0.977. The maximum atomic E-state index is 12.5. The van der Waals surface area contributed by atoms with E-state index in [1.54, 1.807) is 25.1 Å². The van der Waals surface area contributed by atoms with E-state index in [4.69, 9.17) is 9.52 Å². The maximum absolute atomic E-state index is 12.5. The number of benzene rings is 1. The number of carbonyl (C=O) groups excluding carboxylic acids is 2. The van der Waals surface area contributed by atoms with Gasteiger partial charge in [-0.3, -0.25) is 14.9 Å². The molecule has 8 nitrogen and oxygen atoms in total. The molecule has 3 rings (SSSR count). The van der Waals surface area contributed by atoms with Gasteiger partial charge in [-0.15, -0.1) is 0 Å². The number of aromatic carboxylic acids is 1. The number of furan rings is 1. The van der Waals surface area contributed by atoms with Crippen LogP contribution in [0.3, 0.4) is 0 Å². The summed E-state index contributed by atoms with van der Waals surface area (Å²) in [6, 6.07) is 7.80. The minimum Gasteiger partial charge on any atom is -0.478 e. The first-order valence-corrected chi connectivity index (χ1v) is 8.68. The number of carbonyl (C=O) groups is 3. The normalized spacial score (nSPS) is 10.6. The van der Waals surface area contributed by atoms with E-state index in [1.165, 1.54) is 19.1 Å². The SMILES string of the molecule is CC(=O)Cc1nsc(NC(=O)c2cc(-c3cccc(C(=O)O)c3)oc2C)n1. The number of amides is 1. The number of nitrogens with zero attached hydrogens (tertiary/aromatic N) is 2. The predicted octanol–water partition coefficient (Wildman–Crippen LogP) is 3.19. The van der Waals surface area contributed by atoms with Crippen molar-refractivity contribution in [3.05, 3.63) is 53.0 Å². The Morgan fingerprint density at radius 3 is 2.74 bits per heavy atom. The molecule has 138 valence electrons. The van der Waals surface area contributed by atoms with Gasteiger partial charge in [0.2, 0.25) is 5.13 Å². The summed E-state index contributed by atoms with van der Waals surface area (Å²) in [5, 5.41) is 12.0. The Kier molecular flexibility index (Phi) is 5.13. The number of rotatable bonds is 6. The minimum absolute atomic E-state index is 0.0652. The van der Waals surface area contributed by atoms with Crippen LogP contribution < -0.4 is 5.32 Å². The lowest BCUT2D eigenvalue weighted by Crippen LogP contribution is -2.12. The fourth-order valence-electron chi connectivity index (χ4n) is 2.42. The summed E-state index contributed by atoms with van der Waals surface area (Å²) in [5.74, 6) is -0.410. The highest BCUT2D eigenvalue weighted by Crippen LogP contribution is 2.27. The summed E-state index contributed by atoms with van der Waals surface area (Å²) in [4.78, 5) is 38.8. The van der Waals surface area contributed by atoms with Gasteiger partial charge in [-0.2, -0.15) is 4.37 Å². The Balaban J connectivity index is 1.80. The average Bonchev–Trinajstić information content (AvgIpc) is 3.21. The standard InChI is InChI=1S/C18H15N3O5S/c1-9(22)6-15-19-18(27-21-15)20-16(23)13-8-14(26-10(13)2)11-4-3-5-12(7-11)17(24)25/h3-5,7-8H,6H2,1-2H3,(H,24,25)(H,19,20,21,23). The highest BCUT2D eigenvalue weighted by Gasteiger charge is 2.18. The van der Waals surface area contributed by atoms with Gasteiger partial charge in [-0.1, -0.05) is 12.1 Å². The van der Waals surface area contributed by atoms with Gasteiger partial charge in [0.1, 0.15) is 17.3 Å². The van der Waals surface area contributed by atoms with Crippen molar-refractivity contribution in [1.29, 1.82) is 0 Å². The van der Waals surface area contributed by atoms with Gasteiger partial charge in [0, 0.05) is 17.1 Å². The maximum Gasteiger partial charge on any atom is 0.335 e. The van der Waals surface area contributed by atoms with Crippen molar-refractivity contribution in [1.82, 2.24) is 9.36 Å². The van der Waals surface area contributed by atoms with Crippen LogP contribution in [0, 0.1) is 6.92 Å². The summed E-state index contributed by atoms with van der Waals surface area (Å²) >= 11 is 0.988. The lowest BCUT2D eigenvalue weighted by molar-refractivity contribution is -0.116. The number of carboxylic acid groups (broad SMARTS) is 1. The predicted molar refractivity (Wildman–Crippen MR) is 98.1 cm³/mol. The number of anilines is 1. The molecule has 2 heterocycles. The van der Waals surface area contributed by atoms with Crippen molar-refractivity contribution in [3.63, 3.8) is 0 Å². The Morgan fingerprint density at radius 1 is 1.26 bits per heavy atom. The average molecular weight is 385 g/mol. The molecule has 0 bridgehead atoms. The molecule has 0 radical (unpaired) electrons. The van der Waals surface area contributed by atoms with Crippen LogP contribution in [0.15, 0.2) is 34.7 Å². The summed E-state index contributed by atoms with van der Waals surface area (Å²) in [6.07, 6.45) is 0.112. The van der Waals surface area contributed by atoms with Crippen molar-refractivity contribution in [2.24, 2.45) is 0 Å². The van der Waals surface area contributed by atoms with Crippen LogP contribution in [-0.4, -0.2) is 32.1 Å². The second-order valence-corrected chi connectivity index (χ2v) is 6.57. The van der Waals surface area contributed by atoms with Crippen LogP contribution >= 0.6 is 11.5 Å². The first-order chi connectivity index (χ1) is 12.8. The third kappa shape index (κ3) is 4.26. The van der Waals surface area contributed by atoms with Crippen molar-refractivity contribution in [3.8, 4) is 11.3 Å². The van der Waals surface area contributed by atoms with E-state index in [9.17, 15) is 14.4 Å². The minimum atomic E-state index is -1.05. The quantitative estimate of drug-likeness (QED) is 0.668. The number of aryl methyl sites for hydroxylation is 1. The molecule has 0 atom stereocenters. The number of hydrogen-bond donors (Lipinski definition) is 2. The molecule has 0 fully saturated rings. The zero-order chi connectivity index (χ0) is 19.6. The van der Waals surface area contributed by atoms with Crippen LogP contribution in [0.4, 0.5) is 5.13 Å². The van der Waals surface area contributed by atoms with Crippen LogP contribution in [0.25, 0.3) is 11.3 Å². The van der Waals surface area contributed by atoms with E-state index in [-0.39, 0.29) is 22.9 Å². The zero-order valence-corrected chi connectivity index (χ0v) is 15.3. The van der Waals surface area contributed by atoms with E-state index < -0.39 is 11.9 Å². The fourth-order valence-corrected chi connectivity index (χ4v) is 3.00. The highest BCUT2D eigenvalue weighted by molar-refractivity contribution is 7.09. The molecule has 9 heteroatoms. The summed E-state index contributed by atoms with van der Waals surface area (Å²) in [6.45, 7) is 3.08. The molecule has 2 aromatic heterocycles. The molecule has 0 unspecified atom stereocenters. The highest BCUT2D eigenvalue weighted by atomic mass is 32.1. The van der Waals surface area contributed by atoms with E-state index in [0.29, 0.717) is 28.5 Å². The van der Waals surface area contributed by atoms with E-state index in [2.05, 4.69) is 14.7 Å². The molecule has 0 saturated carbocycles. The largest absolute Gasteiger partial charge is 0.478 e. The summed E-state index contributed by atoms with van der Waals surface area (Å²) in [7, 11) is 0. The molecule has 27 heavy (non-hydrogen) atoms. The van der Waals surface area contributed by atoms with Gasteiger partial charge >= 0.3 is 5.97 Å². The molecule has 2 N–H and O–H groups in total. The van der Waals surface area contributed by atoms with Crippen molar-refractivity contribution >= 4 is 34.3 Å². The summed E-state index contributed by atoms with van der Waals surface area (Å²) < 4.78 is 9.64. The van der Waals surface area contributed by atoms with Crippen molar-refractivity contribution in [2.45, 2.75) is 20.3 Å². The van der Waals surface area contributed by atoms with E-state index in [1.807, 2.05) is 0 Å². The molecule has 1 amide bonds. The Morgan fingerprint density at radius 2 is 2.04 bits per heavy atom. The van der Waals surface area contributed by atoms with Crippen molar-refractivity contribution < 1.29 is 23.9 Å². The Bertz CT molecular complexity index is 1040. The molecule has 0 aliphatic heterocycles. The first-order valence-electron chi connectivity index (χ1n) is 7.91. The monoisotopic (exact) mass is 385 g/mol. The molecule has 0 spiro atoms. The fraction of sp³-hybridized carbons (Fsp3) is 0.167. The zero-order valence-electron chi connectivity index (χ0n) is 14.5. The van der Waals surface area contributed by atoms with Gasteiger partial charge in [0.05, 0.1) is 17.5 Å². The topological polar surface area (TPSA) is 122 Å². The smallest absolute Gasteiger partial charge is 0.335 e. The van der Waals surface area contributed by atoms with Crippen LogP contribution in [-0.2, 0) is 11.2 Å². The lowest BCUT2D eigenvalue weighted by atomic mass is 10.1. The van der Waals surface area contributed by atoms with Gasteiger partial charge in [-0.05, 0) is 32.0 Å². The van der Waals surface area contributed by atoms with Gasteiger partial charge in [0.15, 0.2) is 5.82 Å². The molecule has 3 aromatic rings. The molecular formula is C18H15N3O5S. The van der Waals surface area contributed by atoms with Crippen LogP contribution in [0.1, 0.15) is 39.2 Å². The van der Waals surface area contributed by atoms with Gasteiger partial charge < -0.3 is 9.52 Å². The third-order valence-corrected chi connectivity index (χ3v) is 4.32. The van der Waals surface area contributed by atoms with E-state index in [0.717, 1.165) is 11.5 Å². The second-order valence-electron chi connectivity index (χ2n) is 5.82. The van der Waals surface area contributed by atoms with Crippen LogP contribution in [0.2, 0.25) is 0 Å². The number of carboxylic acids is 1. The third-order valence-electron chi connectivity index (χ3n) is 3.65. The molecule has 0 aliphatic carbocycles. The Labute approximate surface area is 158 Å². The van der Waals surface area contributed by atoms with Gasteiger partial charge in [0.25, 0.3) is 5.91 Å².